The summed E-state index contributed by atoms with van der Waals surface area (Å²) in [5, 5.41) is 5.14. The third kappa shape index (κ3) is 3.54. The fourth-order valence-corrected chi connectivity index (χ4v) is 2.23. The van der Waals surface area contributed by atoms with E-state index < -0.39 is 12.1 Å². The van der Waals surface area contributed by atoms with E-state index in [1.54, 1.807) is 12.1 Å². The average molecular weight is 298 g/mol. The summed E-state index contributed by atoms with van der Waals surface area (Å²) in [7, 11) is 0. The Morgan fingerprint density at radius 3 is 1.41 bits per heavy atom. The van der Waals surface area contributed by atoms with Crippen molar-refractivity contribution in [3.63, 3.8) is 0 Å². The molecule has 0 aromatic heterocycles. The van der Waals surface area contributed by atoms with Crippen LogP contribution in [0.1, 0.15) is 11.1 Å². The van der Waals surface area contributed by atoms with Gasteiger partial charge in [0.25, 0.3) is 0 Å². The van der Waals surface area contributed by atoms with Crippen LogP contribution in [0.2, 0.25) is 0 Å². The molecule has 114 valence electrons. The van der Waals surface area contributed by atoms with E-state index in [1.807, 2.05) is 38.1 Å². The van der Waals surface area contributed by atoms with E-state index in [0.29, 0.717) is 11.4 Å². The first kappa shape index (κ1) is 15.4. The fraction of sp³-hybridized carbons (Fsp3) is 0.125. The monoisotopic (exact) mass is 298 g/mol. The predicted octanol–water partition coefficient (Wildman–Crippen LogP) is 2.95. The zero-order chi connectivity index (χ0) is 16.3. The molecule has 2 rings (SSSR count). The van der Waals surface area contributed by atoms with Gasteiger partial charge in [-0.1, -0.05) is 12.1 Å². The Hall–Kier alpha value is -3.02. The second-order valence-electron chi connectivity index (χ2n) is 5.04. The number of amides is 4. The first-order valence-electron chi connectivity index (χ1n) is 6.71. The second kappa shape index (κ2) is 6.17. The van der Waals surface area contributed by atoms with Crippen molar-refractivity contribution in [2.75, 3.05) is 10.6 Å². The van der Waals surface area contributed by atoms with Crippen LogP contribution in [-0.2, 0) is 0 Å². The molecule has 6 nitrogen and oxygen atoms in total. The number of carbonyl (C=O) groups is 2. The van der Waals surface area contributed by atoms with Gasteiger partial charge in [0.15, 0.2) is 0 Å². The lowest BCUT2D eigenvalue weighted by Crippen LogP contribution is -2.20. The minimum Gasteiger partial charge on any atom is -0.351 e. The van der Waals surface area contributed by atoms with Crippen LogP contribution in [0.4, 0.5) is 21.0 Å². The quantitative estimate of drug-likeness (QED) is 0.698. The maximum Gasteiger partial charge on any atom is 0.316 e. The van der Waals surface area contributed by atoms with Gasteiger partial charge in [0.1, 0.15) is 0 Å². The number of carbonyl (C=O) groups excluding carboxylic acids is 2. The van der Waals surface area contributed by atoms with Crippen LogP contribution in [-0.4, -0.2) is 12.1 Å². The number of rotatable bonds is 3. The molecular weight excluding hydrogens is 280 g/mol. The van der Waals surface area contributed by atoms with Gasteiger partial charge < -0.3 is 22.1 Å². The normalized spacial score (nSPS) is 10.1. The van der Waals surface area contributed by atoms with Crippen molar-refractivity contribution in [3.8, 4) is 11.1 Å². The van der Waals surface area contributed by atoms with Crippen molar-refractivity contribution in [2.24, 2.45) is 11.5 Å². The van der Waals surface area contributed by atoms with Gasteiger partial charge in [0, 0.05) is 11.4 Å². The highest BCUT2D eigenvalue weighted by atomic mass is 16.2. The zero-order valence-corrected chi connectivity index (χ0v) is 12.4. The summed E-state index contributed by atoms with van der Waals surface area (Å²) < 4.78 is 0. The molecule has 6 N–H and O–H groups in total. The topological polar surface area (TPSA) is 110 Å². The Kier molecular flexibility index (Phi) is 4.31. The van der Waals surface area contributed by atoms with Crippen LogP contribution in [0.3, 0.4) is 0 Å². The Morgan fingerprint density at radius 2 is 1.14 bits per heavy atom. The summed E-state index contributed by atoms with van der Waals surface area (Å²) in [6, 6.07) is 10.1. The van der Waals surface area contributed by atoms with Gasteiger partial charge >= 0.3 is 12.1 Å². The zero-order valence-electron chi connectivity index (χ0n) is 12.4. The lowest BCUT2D eigenvalue weighted by Gasteiger charge is -2.11. The number of primary amides is 2. The Labute approximate surface area is 128 Å². The Balaban J connectivity index is 2.32. The highest BCUT2D eigenvalue weighted by molar-refractivity contribution is 5.90. The van der Waals surface area contributed by atoms with Crippen molar-refractivity contribution < 1.29 is 9.59 Å². The third-order valence-electron chi connectivity index (χ3n) is 3.30. The van der Waals surface area contributed by atoms with Gasteiger partial charge in [-0.05, 0) is 60.4 Å². The number of aryl methyl sites for hydroxylation is 2. The fourth-order valence-electron chi connectivity index (χ4n) is 2.23. The SMILES string of the molecule is Cc1cc(-c2ccc(NC(N)=O)c(C)c2)ccc1NC(N)=O. The molecule has 0 spiro atoms. The molecule has 4 amide bonds. The van der Waals surface area contributed by atoms with Crippen molar-refractivity contribution in [1.29, 1.82) is 0 Å². The summed E-state index contributed by atoms with van der Waals surface area (Å²) in [5.41, 5.74) is 15.4. The molecule has 0 bridgehead atoms. The van der Waals surface area contributed by atoms with Crippen LogP contribution in [0.5, 0.6) is 0 Å². The minimum atomic E-state index is -0.589. The first-order valence-corrected chi connectivity index (χ1v) is 6.71. The third-order valence-corrected chi connectivity index (χ3v) is 3.30. The standard InChI is InChI=1S/C16H18N4O2/c1-9-7-11(3-5-13(9)19-15(17)21)12-4-6-14(10(2)8-12)20-16(18)22/h3-8H,1-2H3,(H3,17,19,21)(H3,18,20,22). The van der Waals surface area contributed by atoms with E-state index in [1.165, 1.54) is 0 Å². The number of nitrogens with one attached hydrogen (secondary N) is 2. The van der Waals surface area contributed by atoms with E-state index in [2.05, 4.69) is 10.6 Å². The molecule has 0 aliphatic carbocycles. The van der Waals surface area contributed by atoms with Gasteiger partial charge in [-0.3, -0.25) is 0 Å². The van der Waals surface area contributed by atoms with Gasteiger partial charge in [-0.15, -0.1) is 0 Å². The summed E-state index contributed by atoms with van der Waals surface area (Å²) in [5.74, 6) is 0. The van der Waals surface area contributed by atoms with E-state index in [0.717, 1.165) is 22.3 Å². The molecule has 2 aromatic carbocycles. The Morgan fingerprint density at radius 1 is 0.773 bits per heavy atom. The van der Waals surface area contributed by atoms with Crippen LogP contribution in [0.25, 0.3) is 11.1 Å². The summed E-state index contributed by atoms with van der Waals surface area (Å²) in [6.07, 6.45) is 0. The summed E-state index contributed by atoms with van der Waals surface area (Å²) in [6.45, 7) is 3.79. The van der Waals surface area contributed by atoms with E-state index in [4.69, 9.17) is 11.5 Å². The molecule has 0 saturated carbocycles. The molecule has 6 heteroatoms. The predicted molar refractivity (Wildman–Crippen MR) is 87.8 cm³/mol. The highest BCUT2D eigenvalue weighted by Crippen LogP contribution is 2.28. The van der Waals surface area contributed by atoms with Gasteiger partial charge in [-0.2, -0.15) is 0 Å². The largest absolute Gasteiger partial charge is 0.351 e. The molecule has 0 radical (unpaired) electrons. The number of anilines is 2. The van der Waals surface area contributed by atoms with Gasteiger partial charge in [0.2, 0.25) is 0 Å². The van der Waals surface area contributed by atoms with Crippen molar-refractivity contribution in [2.45, 2.75) is 13.8 Å². The molecule has 22 heavy (non-hydrogen) atoms. The average Bonchev–Trinajstić information content (AvgIpc) is 2.42. The molecule has 0 unspecified atom stereocenters. The maximum atomic E-state index is 10.9. The van der Waals surface area contributed by atoms with Crippen molar-refractivity contribution in [1.82, 2.24) is 0 Å². The second-order valence-corrected chi connectivity index (χ2v) is 5.04. The number of urea groups is 2. The molecule has 2 aromatic rings. The number of nitrogens with two attached hydrogens (primary N) is 2. The molecule has 0 aliphatic heterocycles. The summed E-state index contributed by atoms with van der Waals surface area (Å²) >= 11 is 0. The molecule has 0 fully saturated rings. The molecular formula is C16H18N4O2. The maximum absolute atomic E-state index is 10.9. The molecule has 0 heterocycles. The van der Waals surface area contributed by atoms with Crippen LogP contribution < -0.4 is 22.1 Å². The minimum absolute atomic E-state index is 0.589. The molecule has 0 saturated heterocycles. The highest BCUT2D eigenvalue weighted by Gasteiger charge is 2.06. The van der Waals surface area contributed by atoms with E-state index in [-0.39, 0.29) is 0 Å². The van der Waals surface area contributed by atoms with E-state index in [9.17, 15) is 9.59 Å². The van der Waals surface area contributed by atoms with Gasteiger partial charge in [0.05, 0.1) is 0 Å². The van der Waals surface area contributed by atoms with Crippen molar-refractivity contribution in [3.05, 3.63) is 47.5 Å². The first-order chi connectivity index (χ1) is 10.4. The number of hydrogen-bond donors (Lipinski definition) is 4. The van der Waals surface area contributed by atoms with E-state index >= 15 is 0 Å². The van der Waals surface area contributed by atoms with Crippen LogP contribution in [0.15, 0.2) is 36.4 Å². The molecule has 0 aliphatic rings. The summed E-state index contributed by atoms with van der Waals surface area (Å²) in [4.78, 5) is 21.8. The number of benzene rings is 2. The number of hydrogen-bond acceptors (Lipinski definition) is 2. The smallest absolute Gasteiger partial charge is 0.316 e. The lowest BCUT2D eigenvalue weighted by molar-refractivity contribution is 0.258. The van der Waals surface area contributed by atoms with Crippen LogP contribution >= 0.6 is 0 Å². The van der Waals surface area contributed by atoms with Crippen LogP contribution in [0, 0.1) is 13.8 Å². The Bertz CT molecular complexity index is 677. The molecule has 0 atom stereocenters. The lowest BCUT2D eigenvalue weighted by atomic mass is 10.00. The van der Waals surface area contributed by atoms with Crippen molar-refractivity contribution >= 4 is 23.4 Å². The van der Waals surface area contributed by atoms with Gasteiger partial charge in [-0.25, -0.2) is 9.59 Å².